The molecule has 0 N–H and O–H groups in total. The molecule has 1 unspecified atom stereocenters. The van der Waals surface area contributed by atoms with Crippen LogP contribution in [0.3, 0.4) is 0 Å². The van der Waals surface area contributed by atoms with E-state index in [1.807, 2.05) is 17.0 Å². The zero-order chi connectivity index (χ0) is 20.1. The van der Waals surface area contributed by atoms with Gasteiger partial charge in [-0.15, -0.1) is 0 Å². The topological polar surface area (TPSA) is 48.0 Å². The lowest BCUT2D eigenvalue weighted by Gasteiger charge is -2.25. The molecular weight excluding hydrogens is 361 g/mol. The van der Waals surface area contributed by atoms with Crippen molar-refractivity contribution in [3.8, 4) is 17.2 Å². The Balaban J connectivity index is 1.70. The van der Waals surface area contributed by atoms with Crippen LogP contribution in [0.15, 0.2) is 36.4 Å². The highest BCUT2D eigenvalue weighted by atomic mass is 19.1. The summed E-state index contributed by atoms with van der Waals surface area (Å²) in [5, 5.41) is 0. The zero-order valence-electron chi connectivity index (χ0n) is 16.5. The molecule has 0 aliphatic carbocycles. The highest BCUT2D eigenvalue weighted by Gasteiger charge is 2.29. The molecule has 2 aromatic rings. The van der Waals surface area contributed by atoms with Crippen LogP contribution >= 0.6 is 0 Å². The molecule has 6 heteroatoms. The molecule has 1 aliphatic heterocycles. The van der Waals surface area contributed by atoms with Crippen LogP contribution < -0.4 is 14.2 Å². The third-order valence-corrected chi connectivity index (χ3v) is 5.18. The monoisotopic (exact) mass is 387 g/mol. The normalized spacial score (nSPS) is 16.1. The number of rotatable bonds is 7. The fourth-order valence-electron chi connectivity index (χ4n) is 3.77. The number of methoxy groups -OCH3 is 3. The minimum Gasteiger partial charge on any atom is -0.493 e. The zero-order valence-corrected chi connectivity index (χ0v) is 16.5. The Labute approximate surface area is 165 Å². The number of likely N-dealkylation sites (tertiary alicyclic amines) is 1. The molecule has 1 saturated heterocycles. The fraction of sp³-hybridized carbons (Fsp3) is 0.409. The summed E-state index contributed by atoms with van der Waals surface area (Å²) in [6.45, 7) is 0.732. The summed E-state index contributed by atoms with van der Waals surface area (Å²) in [5.41, 5.74) is 1.93. The first-order chi connectivity index (χ1) is 13.6. The largest absolute Gasteiger partial charge is 0.493 e. The van der Waals surface area contributed by atoms with Gasteiger partial charge in [-0.3, -0.25) is 4.79 Å². The summed E-state index contributed by atoms with van der Waals surface area (Å²) in [5.74, 6) is 1.53. The number of benzene rings is 2. The maximum atomic E-state index is 13.2. The van der Waals surface area contributed by atoms with Crippen LogP contribution in [0.2, 0.25) is 0 Å². The van der Waals surface area contributed by atoms with E-state index < -0.39 is 0 Å². The van der Waals surface area contributed by atoms with E-state index in [1.165, 1.54) is 12.1 Å². The average Bonchev–Trinajstić information content (AvgIpc) is 3.21. The molecule has 1 amide bonds. The number of nitrogens with zero attached hydrogens (tertiary/aromatic N) is 1. The standard InChI is InChI=1S/C22H26FNO4/c1-26-19-13-15(14-20(27-2)22(19)28-3)6-11-21(25)24-12-4-5-18(24)16-7-9-17(23)10-8-16/h7-10,13-14,18H,4-6,11-12H2,1-3H3. The van der Waals surface area contributed by atoms with Crippen LogP contribution in [0.1, 0.15) is 36.4 Å². The highest BCUT2D eigenvalue weighted by molar-refractivity contribution is 5.77. The van der Waals surface area contributed by atoms with Crippen molar-refractivity contribution >= 4 is 5.91 Å². The summed E-state index contributed by atoms with van der Waals surface area (Å²) in [7, 11) is 4.71. The first kappa shape index (κ1) is 20.0. The van der Waals surface area contributed by atoms with E-state index in [1.54, 1.807) is 33.5 Å². The Morgan fingerprint density at radius 2 is 1.71 bits per heavy atom. The second-order valence-corrected chi connectivity index (χ2v) is 6.83. The predicted octanol–water partition coefficient (Wildman–Crippen LogP) is 4.15. The molecule has 150 valence electrons. The molecular formula is C22H26FNO4. The minimum absolute atomic E-state index is 0.0213. The minimum atomic E-state index is -0.262. The first-order valence-corrected chi connectivity index (χ1v) is 9.41. The van der Waals surface area contributed by atoms with E-state index in [0.717, 1.165) is 30.5 Å². The van der Waals surface area contributed by atoms with E-state index in [-0.39, 0.29) is 17.8 Å². The summed E-state index contributed by atoms with van der Waals surface area (Å²) in [4.78, 5) is 14.8. The highest BCUT2D eigenvalue weighted by Crippen LogP contribution is 2.39. The van der Waals surface area contributed by atoms with Gasteiger partial charge in [-0.1, -0.05) is 12.1 Å². The van der Waals surface area contributed by atoms with E-state index >= 15 is 0 Å². The number of hydrogen-bond donors (Lipinski definition) is 0. The van der Waals surface area contributed by atoms with Gasteiger partial charge >= 0.3 is 0 Å². The SMILES string of the molecule is COc1cc(CCC(=O)N2CCCC2c2ccc(F)cc2)cc(OC)c1OC. The van der Waals surface area contributed by atoms with Crippen LogP contribution in [-0.2, 0) is 11.2 Å². The maximum absolute atomic E-state index is 13.2. The molecule has 5 nitrogen and oxygen atoms in total. The van der Waals surface area contributed by atoms with Crippen LogP contribution in [0.5, 0.6) is 17.2 Å². The van der Waals surface area contributed by atoms with Crippen molar-refractivity contribution in [1.82, 2.24) is 4.90 Å². The summed E-state index contributed by atoms with van der Waals surface area (Å²) < 4.78 is 29.3. The summed E-state index contributed by atoms with van der Waals surface area (Å²) >= 11 is 0. The third-order valence-electron chi connectivity index (χ3n) is 5.18. The number of carbonyl (C=O) groups excluding carboxylic acids is 1. The van der Waals surface area contributed by atoms with Crippen molar-refractivity contribution in [2.75, 3.05) is 27.9 Å². The van der Waals surface area contributed by atoms with Gasteiger partial charge in [0.15, 0.2) is 11.5 Å². The molecule has 1 heterocycles. The van der Waals surface area contributed by atoms with Crippen LogP contribution in [-0.4, -0.2) is 38.7 Å². The molecule has 28 heavy (non-hydrogen) atoms. The molecule has 0 spiro atoms. The van der Waals surface area contributed by atoms with Gasteiger partial charge in [-0.2, -0.15) is 0 Å². The van der Waals surface area contributed by atoms with E-state index in [9.17, 15) is 9.18 Å². The van der Waals surface area contributed by atoms with Crippen molar-refractivity contribution in [2.24, 2.45) is 0 Å². The number of carbonyl (C=O) groups is 1. The molecule has 0 saturated carbocycles. The predicted molar refractivity (Wildman–Crippen MR) is 105 cm³/mol. The molecule has 0 bridgehead atoms. The summed E-state index contributed by atoms with van der Waals surface area (Å²) in [6, 6.07) is 10.2. The van der Waals surface area contributed by atoms with Gasteiger partial charge in [0.2, 0.25) is 11.7 Å². The number of halogens is 1. The van der Waals surface area contributed by atoms with Crippen LogP contribution in [0, 0.1) is 5.82 Å². The van der Waals surface area contributed by atoms with Gasteiger partial charge in [0.25, 0.3) is 0 Å². The molecule has 0 aromatic heterocycles. The van der Waals surface area contributed by atoms with Crippen molar-refractivity contribution in [3.63, 3.8) is 0 Å². The Morgan fingerprint density at radius 1 is 1.07 bits per heavy atom. The number of ether oxygens (including phenoxy) is 3. The van der Waals surface area contributed by atoms with Crippen molar-refractivity contribution in [2.45, 2.75) is 31.7 Å². The third kappa shape index (κ3) is 4.21. The Bertz CT molecular complexity index is 797. The van der Waals surface area contributed by atoms with E-state index in [0.29, 0.717) is 30.1 Å². The summed E-state index contributed by atoms with van der Waals surface area (Å²) in [6.07, 6.45) is 2.82. The molecule has 2 aromatic carbocycles. The van der Waals surface area contributed by atoms with Crippen LogP contribution in [0.25, 0.3) is 0 Å². The fourth-order valence-corrected chi connectivity index (χ4v) is 3.77. The van der Waals surface area contributed by atoms with Gasteiger partial charge in [-0.05, 0) is 54.7 Å². The number of hydrogen-bond acceptors (Lipinski definition) is 4. The lowest BCUT2D eigenvalue weighted by atomic mass is 10.0. The van der Waals surface area contributed by atoms with Gasteiger partial charge in [0.1, 0.15) is 5.82 Å². The first-order valence-electron chi connectivity index (χ1n) is 9.41. The second-order valence-electron chi connectivity index (χ2n) is 6.83. The molecule has 1 atom stereocenters. The van der Waals surface area contributed by atoms with Crippen LogP contribution in [0.4, 0.5) is 4.39 Å². The second kappa shape index (κ2) is 8.95. The lowest BCUT2D eigenvalue weighted by molar-refractivity contribution is -0.132. The quantitative estimate of drug-likeness (QED) is 0.716. The molecule has 1 aliphatic rings. The van der Waals surface area contributed by atoms with Gasteiger partial charge in [-0.25, -0.2) is 4.39 Å². The Kier molecular flexibility index (Phi) is 6.39. The molecule has 0 radical (unpaired) electrons. The van der Waals surface area contributed by atoms with Gasteiger partial charge < -0.3 is 19.1 Å². The molecule has 3 rings (SSSR count). The number of aryl methyl sites for hydroxylation is 1. The van der Waals surface area contributed by atoms with Crippen molar-refractivity contribution in [3.05, 3.63) is 53.3 Å². The van der Waals surface area contributed by atoms with Gasteiger partial charge in [0, 0.05) is 13.0 Å². The Morgan fingerprint density at radius 3 is 2.29 bits per heavy atom. The maximum Gasteiger partial charge on any atom is 0.223 e. The van der Waals surface area contributed by atoms with Crippen molar-refractivity contribution in [1.29, 1.82) is 0 Å². The van der Waals surface area contributed by atoms with E-state index in [2.05, 4.69) is 0 Å². The van der Waals surface area contributed by atoms with E-state index in [4.69, 9.17) is 14.2 Å². The van der Waals surface area contributed by atoms with Gasteiger partial charge in [0.05, 0.1) is 27.4 Å². The Hall–Kier alpha value is -2.76. The number of amides is 1. The average molecular weight is 387 g/mol. The smallest absolute Gasteiger partial charge is 0.223 e. The lowest BCUT2D eigenvalue weighted by Crippen LogP contribution is -2.30. The van der Waals surface area contributed by atoms with Crippen molar-refractivity contribution < 1.29 is 23.4 Å². The molecule has 1 fully saturated rings.